The van der Waals surface area contributed by atoms with Gasteiger partial charge in [-0.1, -0.05) is 41.9 Å². The van der Waals surface area contributed by atoms with Gasteiger partial charge in [-0.3, -0.25) is 4.79 Å². The maximum Gasteiger partial charge on any atom is 0.345 e. The zero-order chi connectivity index (χ0) is 20.5. The quantitative estimate of drug-likeness (QED) is 0.320. The normalized spacial score (nSPS) is 13.9. The zero-order valence-corrected chi connectivity index (χ0v) is 16.0. The van der Waals surface area contributed by atoms with Crippen LogP contribution in [0.5, 0.6) is 11.5 Å². The highest BCUT2D eigenvalue weighted by molar-refractivity contribution is 6.33. The molecule has 0 amide bonds. The molecule has 4 rings (SSSR count). The van der Waals surface area contributed by atoms with E-state index in [1.165, 1.54) is 24.3 Å². The fourth-order valence-electron chi connectivity index (χ4n) is 2.99. The predicted molar refractivity (Wildman–Crippen MR) is 107 cm³/mol. The molecule has 144 valence electrons. The number of allylic oxidation sites excluding steroid dienone is 1. The summed E-state index contributed by atoms with van der Waals surface area (Å²) in [6.07, 6.45) is 1.35. The second-order valence-electron chi connectivity index (χ2n) is 6.40. The Morgan fingerprint density at radius 2 is 1.79 bits per heavy atom. The molecule has 0 saturated carbocycles. The van der Waals surface area contributed by atoms with Crippen LogP contribution in [0.1, 0.15) is 31.8 Å². The largest absolute Gasteiger partial charge is 0.452 e. The molecule has 0 saturated heterocycles. The summed E-state index contributed by atoms with van der Waals surface area (Å²) in [6, 6.07) is 15.7. The fourth-order valence-corrected chi connectivity index (χ4v) is 3.21. The summed E-state index contributed by atoms with van der Waals surface area (Å²) >= 11 is 6.04. The maximum absolute atomic E-state index is 13.9. The third kappa shape index (κ3) is 3.52. The van der Waals surface area contributed by atoms with Crippen molar-refractivity contribution >= 4 is 29.4 Å². The van der Waals surface area contributed by atoms with E-state index in [1.807, 2.05) is 0 Å². The molecule has 4 nitrogen and oxygen atoms in total. The van der Waals surface area contributed by atoms with Crippen molar-refractivity contribution in [3.63, 3.8) is 0 Å². The van der Waals surface area contributed by atoms with Crippen LogP contribution in [0, 0.1) is 12.7 Å². The monoisotopic (exact) mass is 408 g/mol. The molecule has 1 heterocycles. The Kier molecular flexibility index (Phi) is 4.91. The number of ether oxygens (including phenoxy) is 2. The standard InChI is InChI=1S/C23H14ClFO4/c1-13-19(29-23(27)15-7-3-4-8-17(15)24)11-10-16-21(26)20(28-22(13)16)12-14-6-2-5-9-18(14)25/h2-12H,1H3/b20-12-. The molecule has 1 aliphatic heterocycles. The van der Waals surface area contributed by atoms with Gasteiger partial charge in [0.15, 0.2) is 5.76 Å². The Morgan fingerprint density at radius 3 is 2.55 bits per heavy atom. The Bertz CT molecular complexity index is 1180. The van der Waals surface area contributed by atoms with Crippen LogP contribution in [0.4, 0.5) is 4.39 Å². The smallest absolute Gasteiger partial charge is 0.345 e. The topological polar surface area (TPSA) is 52.6 Å². The van der Waals surface area contributed by atoms with Crippen LogP contribution in [0.25, 0.3) is 6.08 Å². The first kappa shape index (κ1) is 18.9. The van der Waals surface area contributed by atoms with Crippen LogP contribution in [0.15, 0.2) is 66.4 Å². The van der Waals surface area contributed by atoms with Crippen molar-refractivity contribution in [1.29, 1.82) is 0 Å². The second-order valence-corrected chi connectivity index (χ2v) is 6.80. The number of halogens is 2. The van der Waals surface area contributed by atoms with Gasteiger partial charge in [-0.05, 0) is 43.3 Å². The van der Waals surface area contributed by atoms with Crippen molar-refractivity contribution < 1.29 is 23.5 Å². The SMILES string of the molecule is Cc1c(OC(=O)c2ccccc2Cl)ccc2c1O/C(=C\c1ccccc1F)C2=O. The van der Waals surface area contributed by atoms with Crippen molar-refractivity contribution in [2.75, 3.05) is 0 Å². The average Bonchev–Trinajstić information content (AvgIpc) is 3.02. The van der Waals surface area contributed by atoms with Crippen molar-refractivity contribution in [1.82, 2.24) is 0 Å². The summed E-state index contributed by atoms with van der Waals surface area (Å²) in [7, 11) is 0. The highest BCUT2D eigenvalue weighted by atomic mass is 35.5. The van der Waals surface area contributed by atoms with E-state index < -0.39 is 11.8 Å². The van der Waals surface area contributed by atoms with Gasteiger partial charge in [-0.2, -0.15) is 0 Å². The molecule has 0 atom stereocenters. The Balaban J connectivity index is 1.64. The molecule has 29 heavy (non-hydrogen) atoms. The first-order chi connectivity index (χ1) is 14.0. The van der Waals surface area contributed by atoms with E-state index in [4.69, 9.17) is 21.1 Å². The zero-order valence-electron chi connectivity index (χ0n) is 15.2. The van der Waals surface area contributed by atoms with E-state index in [0.717, 1.165) is 0 Å². The lowest BCUT2D eigenvalue weighted by Gasteiger charge is -2.10. The molecule has 0 radical (unpaired) electrons. The maximum atomic E-state index is 13.9. The predicted octanol–water partition coefficient (Wildman–Crippen LogP) is 5.62. The summed E-state index contributed by atoms with van der Waals surface area (Å²) in [5.41, 5.74) is 1.27. The lowest BCUT2D eigenvalue weighted by atomic mass is 10.1. The first-order valence-electron chi connectivity index (χ1n) is 8.75. The molecule has 0 aromatic heterocycles. The second kappa shape index (κ2) is 7.53. The van der Waals surface area contributed by atoms with Crippen LogP contribution in [0.3, 0.4) is 0 Å². The van der Waals surface area contributed by atoms with Crippen molar-refractivity contribution in [3.05, 3.63) is 99.5 Å². The number of rotatable bonds is 3. The van der Waals surface area contributed by atoms with Crippen LogP contribution < -0.4 is 9.47 Å². The van der Waals surface area contributed by atoms with E-state index in [0.29, 0.717) is 11.1 Å². The van der Waals surface area contributed by atoms with Crippen LogP contribution >= 0.6 is 11.6 Å². The number of benzene rings is 3. The molecule has 0 unspecified atom stereocenters. The molecule has 0 aliphatic carbocycles. The summed E-state index contributed by atoms with van der Waals surface area (Å²) < 4.78 is 25.0. The third-order valence-electron chi connectivity index (χ3n) is 4.52. The number of carbonyl (C=O) groups is 2. The van der Waals surface area contributed by atoms with Gasteiger partial charge in [0.25, 0.3) is 0 Å². The van der Waals surface area contributed by atoms with Crippen LogP contribution in [-0.2, 0) is 0 Å². The lowest BCUT2D eigenvalue weighted by Crippen LogP contribution is -2.10. The summed E-state index contributed by atoms with van der Waals surface area (Å²) in [5, 5.41) is 0.276. The molecule has 6 heteroatoms. The Labute approximate surface area is 171 Å². The number of ketones is 1. The molecule has 1 aliphatic rings. The highest BCUT2D eigenvalue weighted by Crippen LogP contribution is 2.39. The number of hydrogen-bond acceptors (Lipinski definition) is 4. The minimum Gasteiger partial charge on any atom is -0.452 e. The van der Waals surface area contributed by atoms with Crippen molar-refractivity contribution in [2.24, 2.45) is 0 Å². The van der Waals surface area contributed by atoms with Gasteiger partial charge in [-0.25, -0.2) is 9.18 Å². The van der Waals surface area contributed by atoms with Crippen molar-refractivity contribution in [3.8, 4) is 11.5 Å². The molecule has 0 N–H and O–H groups in total. The van der Waals surface area contributed by atoms with E-state index in [9.17, 15) is 14.0 Å². The molecule has 3 aromatic carbocycles. The number of hydrogen-bond donors (Lipinski definition) is 0. The van der Waals surface area contributed by atoms with Gasteiger partial charge in [0.05, 0.1) is 16.1 Å². The molecule has 0 fully saturated rings. The molecular formula is C23H14ClFO4. The molecule has 0 spiro atoms. The fraction of sp³-hybridized carbons (Fsp3) is 0.0435. The average molecular weight is 409 g/mol. The van der Waals surface area contributed by atoms with E-state index >= 15 is 0 Å². The van der Waals surface area contributed by atoms with E-state index in [2.05, 4.69) is 0 Å². The van der Waals surface area contributed by atoms with Crippen LogP contribution in [-0.4, -0.2) is 11.8 Å². The lowest BCUT2D eigenvalue weighted by molar-refractivity contribution is 0.0733. The van der Waals surface area contributed by atoms with E-state index in [-0.39, 0.29) is 39.2 Å². The van der Waals surface area contributed by atoms with Crippen molar-refractivity contribution in [2.45, 2.75) is 6.92 Å². The van der Waals surface area contributed by atoms with Gasteiger partial charge in [0, 0.05) is 11.1 Å². The third-order valence-corrected chi connectivity index (χ3v) is 4.85. The summed E-state index contributed by atoms with van der Waals surface area (Å²) in [5.74, 6) is -0.919. The Hall–Kier alpha value is -3.44. The van der Waals surface area contributed by atoms with Gasteiger partial charge >= 0.3 is 5.97 Å². The number of Topliss-reactive ketones (excluding diaryl/α,β-unsaturated/α-hetero) is 1. The van der Waals surface area contributed by atoms with E-state index in [1.54, 1.807) is 49.4 Å². The first-order valence-corrected chi connectivity index (χ1v) is 9.12. The molecule has 3 aromatic rings. The summed E-state index contributed by atoms with van der Waals surface area (Å²) in [4.78, 5) is 25.1. The van der Waals surface area contributed by atoms with Gasteiger partial charge < -0.3 is 9.47 Å². The minimum atomic E-state index is -0.620. The van der Waals surface area contributed by atoms with Gasteiger partial charge in [0.2, 0.25) is 5.78 Å². The summed E-state index contributed by atoms with van der Waals surface area (Å²) in [6.45, 7) is 1.67. The number of carbonyl (C=O) groups excluding carboxylic acids is 2. The highest BCUT2D eigenvalue weighted by Gasteiger charge is 2.31. The number of fused-ring (bicyclic) bond motifs is 1. The molecular weight excluding hydrogens is 395 g/mol. The number of esters is 1. The van der Waals surface area contributed by atoms with Crippen LogP contribution in [0.2, 0.25) is 5.02 Å². The van der Waals surface area contributed by atoms with Gasteiger partial charge in [-0.15, -0.1) is 0 Å². The Morgan fingerprint density at radius 1 is 1.07 bits per heavy atom. The molecule has 0 bridgehead atoms. The van der Waals surface area contributed by atoms with Gasteiger partial charge in [0.1, 0.15) is 17.3 Å². The minimum absolute atomic E-state index is 0.00257.